The number of hydrogen-bond acceptors (Lipinski definition) is 3. The highest BCUT2D eigenvalue weighted by Gasteiger charge is 2.34. The average Bonchev–Trinajstić information content (AvgIpc) is 2.83. The van der Waals surface area contributed by atoms with Gasteiger partial charge in [0, 0.05) is 23.1 Å². The molecule has 0 fully saturated rings. The molecule has 1 atom stereocenters. The van der Waals surface area contributed by atoms with Crippen molar-refractivity contribution in [3.8, 4) is 0 Å². The molecule has 1 heterocycles. The summed E-state index contributed by atoms with van der Waals surface area (Å²) in [4.78, 5) is 0. The standard InChI is InChI=1S/C12H13F3N4/c1-7(8-5-17-18-6-8)19-11-3-2-9(16)4-10(11)12(13,14)15/h2-7,19H,16H2,1H3,(H,17,18). The number of benzene rings is 1. The van der Waals surface area contributed by atoms with Gasteiger partial charge in [-0.1, -0.05) is 0 Å². The van der Waals surface area contributed by atoms with E-state index in [1.165, 1.54) is 12.1 Å². The van der Waals surface area contributed by atoms with Crippen molar-refractivity contribution in [3.05, 3.63) is 41.7 Å². The van der Waals surface area contributed by atoms with Crippen molar-refractivity contribution >= 4 is 11.4 Å². The van der Waals surface area contributed by atoms with E-state index in [9.17, 15) is 13.2 Å². The van der Waals surface area contributed by atoms with Gasteiger partial charge < -0.3 is 11.1 Å². The Morgan fingerprint density at radius 2 is 2.11 bits per heavy atom. The Morgan fingerprint density at radius 1 is 1.37 bits per heavy atom. The Kier molecular flexibility index (Phi) is 3.37. The zero-order valence-corrected chi connectivity index (χ0v) is 10.1. The summed E-state index contributed by atoms with van der Waals surface area (Å²) in [5.41, 5.74) is 5.47. The molecule has 4 nitrogen and oxygen atoms in total. The van der Waals surface area contributed by atoms with Gasteiger partial charge in [-0.15, -0.1) is 0 Å². The minimum Gasteiger partial charge on any atom is -0.399 e. The highest BCUT2D eigenvalue weighted by molar-refractivity contribution is 5.60. The van der Waals surface area contributed by atoms with Crippen LogP contribution < -0.4 is 11.1 Å². The van der Waals surface area contributed by atoms with Crippen LogP contribution in [0.5, 0.6) is 0 Å². The molecule has 102 valence electrons. The summed E-state index contributed by atoms with van der Waals surface area (Å²) in [7, 11) is 0. The van der Waals surface area contributed by atoms with E-state index in [2.05, 4.69) is 15.5 Å². The molecule has 0 saturated carbocycles. The third kappa shape index (κ3) is 2.98. The first-order valence-corrected chi connectivity index (χ1v) is 5.60. The summed E-state index contributed by atoms with van der Waals surface area (Å²) < 4.78 is 38.7. The van der Waals surface area contributed by atoms with Crippen LogP contribution in [0.3, 0.4) is 0 Å². The van der Waals surface area contributed by atoms with Crippen LogP contribution in [0, 0.1) is 0 Å². The van der Waals surface area contributed by atoms with Crippen LogP contribution in [0.25, 0.3) is 0 Å². The molecule has 0 spiro atoms. The zero-order chi connectivity index (χ0) is 14.0. The highest BCUT2D eigenvalue weighted by Crippen LogP contribution is 2.37. The fourth-order valence-electron chi connectivity index (χ4n) is 1.74. The van der Waals surface area contributed by atoms with Crippen LogP contribution in [0.1, 0.15) is 24.1 Å². The van der Waals surface area contributed by atoms with E-state index in [0.29, 0.717) is 0 Å². The lowest BCUT2D eigenvalue weighted by molar-refractivity contribution is -0.136. The maximum atomic E-state index is 12.9. The van der Waals surface area contributed by atoms with Gasteiger partial charge in [0.15, 0.2) is 0 Å². The van der Waals surface area contributed by atoms with Crippen molar-refractivity contribution in [2.45, 2.75) is 19.1 Å². The molecule has 2 aromatic rings. The highest BCUT2D eigenvalue weighted by atomic mass is 19.4. The van der Waals surface area contributed by atoms with Crippen LogP contribution in [0.4, 0.5) is 24.5 Å². The Bertz CT molecular complexity index is 549. The largest absolute Gasteiger partial charge is 0.418 e. The van der Waals surface area contributed by atoms with E-state index in [1.54, 1.807) is 19.3 Å². The van der Waals surface area contributed by atoms with Crippen molar-refractivity contribution in [3.63, 3.8) is 0 Å². The first-order chi connectivity index (χ1) is 8.88. The first kappa shape index (κ1) is 13.3. The van der Waals surface area contributed by atoms with Crippen LogP contribution in [-0.2, 0) is 6.18 Å². The van der Waals surface area contributed by atoms with Crippen molar-refractivity contribution in [1.29, 1.82) is 0 Å². The Hall–Kier alpha value is -2.18. The first-order valence-electron chi connectivity index (χ1n) is 5.60. The Labute approximate surface area is 107 Å². The molecule has 0 radical (unpaired) electrons. The van der Waals surface area contributed by atoms with Crippen molar-refractivity contribution in [2.75, 3.05) is 11.1 Å². The van der Waals surface area contributed by atoms with Crippen molar-refractivity contribution in [2.24, 2.45) is 0 Å². The molecule has 0 amide bonds. The summed E-state index contributed by atoms with van der Waals surface area (Å²) in [6.45, 7) is 1.75. The topological polar surface area (TPSA) is 66.7 Å². The monoisotopic (exact) mass is 270 g/mol. The molecule has 0 aliphatic rings. The second kappa shape index (κ2) is 4.83. The number of nitrogens with two attached hydrogens (primary N) is 1. The fraction of sp³-hybridized carbons (Fsp3) is 0.250. The Morgan fingerprint density at radius 3 is 2.68 bits per heavy atom. The Balaban J connectivity index is 2.30. The fourth-order valence-corrected chi connectivity index (χ4v) is 1.74. The third-order valence-electron chi connectivity index (χ3n) is 2.74. The van der Waals surface area contributed by atoms with Crippen LogP contribution in [-0.4, -0.2) is 10.2 Å². The van der Waals surface area contributed by atoms with Gasteiger partial charge in [0.05, 0.1) is 17.8 Å². The predicted molar refractivity (Wildman–Crippen MR) is 66.5 cm³/mol. The van der Waals surface area contributed by atoms with Gasteiger partial charge in [-0.05, 0) is 25.1 Å². The van der Waals surface area contributed by atoms with E-state index in [-0.39, 0.29) is 17.4 Å². The SMILES string of the molecule is CC(Nc1ccc(N)cc1C(F)(F)F)c1cn[nH]c1. The van der Waals surface area contributed by atoms with E-state index in [4.69, 9.17) is 5.73 Å². The predicted octanol–water partition coefficient (Wildman–Crippen LogP) is 3.18. The lowest BCUT2D eigenvalue weighted by Crippen LogP contribution is -2.13. The third-order valence-corrected chi connectivity index (χ3v) is 2.74. The van der Waals surface area contributed by atoms with Gasteiger partial charge in [0.25, 0.3) is 0 Å². The number of aromatic amines is 1. The van der Waals surface area contributed by atoms with Crippen LogP contribution in [0.15, 0.2) is 30.6 Å². The maximum Gasteiger partial charge on any atom is 0.418 e. The van der Waals surface area contributed by atoms with Gasteiger partial charge in [-0.3, -0.25) is 5.10 Å². The van der Waals surface area contributed by atoms with Crippen molar-refractivity contribution < 1.29 is 13.2 Å². The molecule has 1 unspecified atom stereocenters. The van der Waals surface area contributed by atoms with Gasteiger partial charge in [0.2, 0.25) is 0 Å². The van der Waals surface area contributed by atoms with E-state index in [0.717, 1.165) is 11.6 Å². The molecule has 0 aliphatic heterocycles. The summed E-state index contributed by atoms with van der Waals surface area (Å²) in [5.74, 6) is 0. The minimum absolute atomic E-state index is 0.00426. The summed E-state index contributed by atoms with van der Waals surface area (Å²) in [6.07, 6.45) is -1.27. The lowest BCUT2D eigenvalue weighted by atomic mass is 10.1. The number of hydrogen-bond donors (Lipinski definition) is 3. The molecule has 0 saturated heterocycles. The maximum absolute atomic E-state index is 12.9. The number of nitrogens with one attached hydrogen (secondary N) is 2. The number of rotatable bonds is 3. The number of nitrogens with zero attached hydrogens (tertiary/aromatic N) is 1. The molecular formula is C12H13F3N4. The molecule has 1 aromatic carbocycles. The van der Waals surface area contributed by atoms with E-state index >= 15 is 0 Å². The quantitative estimate of drug-likeness (QED) is 0.750. The smallest absolute Gasteiger partial charge is 0.399 e. The molecule has 19 heavy (non-hydrogen) atoms. The van der Waals surface area contributed by atoms with Gasteiger partial charge in [-0.25, -0.2) is 0 Å². The number of halogens is 3. The normalized spacial score (nSPS) is 13.3. The second-order valence-electron chi connectivity index (χ2n) is 4.20. The zero-order valence-electron chi connectivity index (χ0n) is 10.1. The second-order valence-corrected chi connectivity index (χ2v) is 4.20. The van der Waals surface area contributed by atoms with E-state index in [1.807, 2.05) is 0 Å². The molecule has 0 aliphatic carbocycles. The number of anilines is 2. The number of H-pyrrole nitrogens is 1. The number of nitrogen functional groups attached to an aromatic ring is 1. The molecule has 1 aromatic heterocycles. The lowest BCUT2D eigenvalue weighted by Gasteiger charge is -2.19. The summed E-state index contributed by atoms with van der Waals surface area (Å²) in [6, 6.07) is 3.38. The van der Waals surface area contributed by atoms with Crippen LogP contribution >= 0.6 is 0 Å². The summed E-state index contributed by atoms with van der Waals surface area (Å²) in [5, 5.41) is 9.19. The van der Waals surface area contributed by atoms with Crippen LogP contribution in [0.2, 0.25) is 0 Å². The molecular weight excluding hydrogens is 257 g/mol. The molecule has 4 N–H and O–H groups in total. The molecule has 7 heteroatoms. The van der Waals surface area contributed by atoms with Gasteiger partial charge in [-0.2, -0.15) is 18.3 Å². The minimum atomic E-state index is -4.45. The van der Waals surface area contributed by atoms with Gasteiger partial charge in [0.1, 0.15) is 0 Å². The molecule has 2 rings (SSSR count). The van der Waals surface area contributed by atoms with E-state index < -0.39 is 11.7 Å². The van der Waals surface area contributed by atoms with Gasteiger partial charge >= 0.3 is 6.18 Å². The summed E-state index contributed by atoms with van der Waals surface area (Å²) >= 11 is 0. The number of aromatic nitrogens is 2. The average molecular weight is 270 g/mol. The molecule has 0 bridgehead atoms. The number of alkyl halides is 3. The van der Waals surface area contributed by atoms with Crippen molar-refractivity contribution in [1.82, 2.24) is 10.2 Å².